The number of nitrogen functional groups attached to an aromatic ring is 1. The SMILES string of the molecule is Cc1cccc(C(=O)NCCCNc2ncccc2N)c1. The monoisotopic (exact) mass is 284 g/mol. The van der Waals surface area contributed by atoms with Crippen molar-refractivity contribution in [2.24, 2.45) is 0 Å². The molecule has 0 aliphatic heterocycles. The third kappa shape index (κ3) is 4.49. The van der Waals surface area contributed by atoms with Crippen LogP contribution in [-0.4, -0.2) is 24.0 Å². The summed E-state index contributed by atoms with van der Waals surface area (Å²) >= 11 is 0. The average Bonchev–Trinajstić information content (AvgIpc) is 2.48. The van der Waals surface area contributed by atoms with Gasteiger partial charge in [0.05, 0.1) is 5.69 Å². The van der Waals surface area contributed by atoms with Gasteiger partial charge in [0.2, 0.25) is 0 Å². The number of nitrogens with zero attached hydrogens (tertiary/aromatic N) is 1. The van der Waals surface area contributed by atoms with Crippen LogP contribution in [0.1, 0.15) is 22.3 Å². The number of carbonyl (C=O) groups excluding carboxylic acids is 1. The van der Waals surface area contributed by atoms with Gasteiger partial charge in [-0.1, -0.05) is 17.7 Å². The molecule has 0 bridgehead atoms. The number of carbonyl (C=O) groups is 1. The first-order chi connectivity index (χ1) is 10.2. The molecule has 5 nitrogen and oxygen atoms in total. The zero-order chi connectivity index (χ0) is 15.1. The third-order valence-electron chi connectivity index (χ3n) is 3.05. The van der Waals surface area contributed by atoms with E-state index in [0.717, 1.165) is 12.0 Å². The Bertz CT molecular complexity index is 613. The number of anilines is 2. The fraction of sp³-hybridized carbons (Fsp3) is 0.250. The summed E-state index contributed by atoms with van der Waals surface area (Å²) in [6, 6.07) is 11.1. The molecule has 1 heterocycles. The Balaban J connectivity index is 1.70. The van der Waals surface area contributed by atoms with Crippen molar-refractivity contribution in [3.8, 4) is 0 Å². The lowest BCUT2D eigenvalue weighted by molar-refractivity contribution is 0.0953. The Morgan fingerprint density at radius 2 is 2.10 bits per heavy atom. The van der Waals surface area contributed by atoms with Crippen LogP contribution < -0.4 is 16.4 Å². The summed E-state index contributed by atoms with van der Waals surface area (Å²) in [6.45, 7) is 3.28. The summed E-state index contributed by atoms with van der Waals surface area (Å²) in [4.78, 5) is 16.1. The predicted molar refractivity (Wildman–Crippen MR) is 85.3 cm³/mol. The highest BCUT2D eigenvalue weighted by atomic mass is 16.1. The second kappa shape index (κ2) is 7.28. The van der Waals surface area contributed by atoms with Crippen molar-refractivity contribution in [2.45, 2.75) is 13.3 Å². The number of rotatable bonds is 6. The molecule has 0 radical (unpaired) electrons. The van der Waals surface area contributed by atoms with Crippen molar-refractivity contribution in [3.63, 3.8) is 0 Å². The molecular weight excluding hydrogens is 264 g/mol. The van der Waals surface area contributed by atoms with Crippen molar-refractivity contribution in [1.29, 1.82) is 0 Å². The van der Waals surface area contributed by atoms with Gasteiger partial charge in [-0.25, -0.2) is 4.98 Å². The van der Waals surface area contributed by atoms with Crippen LogP contribution in [0.5, 0.6) is 0 Å². The molecule has 110 valence electrons. The molecule has 0 spiro atoms. The Kier molecular flexibility index (Phi) is 5.15. The fourth-order valence-corrected chi connectivity index (χ4v) is 1.95. The lowest BCUT2D eigenvalue weighted by Crippen LogP contribution is -2.26. The Hall–Kier alpha value is -2.56. The van der Waals surface area contributed by atoms with Gasteiger partial charge in [0.25, 0.3) is 5.91 Å². The zero-order valence-electron chi connectivity index (χ0n) is 12.1. The van der Waals surface area contributed by atoms with Crippen LogP contribution in [0.4, 0.5) is 11.5 Å². The highest BCUT2D eigenvalue weighted by Crippen LogP contribution is 2.12. The maximum Gasteiger partial charge on any atom is 0.251 e. The number of amides is 1. The Morgan fingerprint density at radius 1 is 1.24 bits per heavy atom. The average molecular weight is 284 g/mol. The van der Waals surface area contributed by atoms with Crippen LogP contribution in [0.2, 0.25) is 0 Å². The molecule has 21 heavy (non-hydrogen) atoms. The van der Waals surface area contributed by atoms with Gasteiger partial charge in [-0.3, -0.25) is 4.79 Å². The van der Waals surface area contributed by atoms with Gasteiger partial charge in [0, 0.05) is 24.8 Å². The Morgan fingerprint density at radius 3 is 2.86 bits per heavy atom. The maximum absolute atomic E-state index is 11.9. The standard InChI is InChI=1S/C16H20N4O/c1-12-5-2-6-13(11-12)16(21)20-10-4-9-19-15-14(17)7-3-8-18-15/h2-3,5-8,11H,4,9-10,17H2,1H3,(H,18,19)(H,20,21). The van der Waals surface area contributed by atoms with Crippen LogP contribution in [-0.2, 0) is 0 Å². The molecule has 2 rings (SSSR count). The molecule has 0 atom stereocenters. The third-order valence-corrected chi connectivity index (χ3v) is 3.05. The topological polar surface area (TPSA) is 80.0 Å². The lowest BCUT2D eigenvalue weighted by Gasteiger charge is -2.09. The number of hydrogen-bond donors (Lipinski definition) is 3. The molecule has 2 aromatic rings. The van der Waals surface area contributed by atoms with E-state index in [9.17, 15) is 4.79 Å². The summed E-state index contributed by atoms with van der Waals surface area (Å²) in [5.74, 6) is 0.638. The lowest BCUT2D eigenvalue weighted by atomic mass is 10.1. The van der Waals surface area contributed by atoms with Crippen molar-refractivity contribution < 1.29 is 4.79 Å². The highest BCUT2D eigenvalue weighted by Gasteiger charge is 2.04. The quantitative estimate of drug-likeness (QED) is 0.710. The van der Waals surface area contributed by atoms with E-state index in [1.54, 1.807) is 18.3 Å². The van der Waals surface area contributed by atoms with E-state index in [0.29, 0.717) is 30.2 Å². The second-order valence-electron chi connectivity index (χ2n) is 4.85. The fourth-order valence-electron chi connectivity index (χ4n) is 1.95. The van der Waals surface area contributed by atoms with E-state index in [4.69, 9.17) is 5.73 Å². The van der Waals surface area contributed by atoms with Crippen molar-refractivity contribution in [1.82, 2.24) is 10.3 Å². The number of pyridine rings is 1. The van der Waals surface area contributed by atoms with Crippen LogP contribution in [0.25, 0.3) is 0 Å². The number of benzene rings is 1. The van der Waals surface area contributed by atoms with E-state index in [1.165, 1.54) is 0 Å². The van der Waals surface area contributed by atoms with Crippen LogP contribution in [0.15, 0.2) is 42.6 Å². The van der Waals surface area contributed by atoms with Gasteiger partial charge in [-0.05, 0) is 37.6 Å². The van der Waals surface area contributed by atoms with Crippen LogP contribution in [0.3, 0.4) is 0 Å². The summed E-state index contributed by atoms with van der Waals surface area (Å²) in [6.07, 6.45) is 2.49. The minimum absolute atomic E-state index is 0.0453. The molecule has 1 aromatic heterocycles. The summed E-state index contributed by atoms with van der Waals surface area (Å²) in [5, 5.41) is 6.04. The summed E-state index contributed by atoms with van der Waals surface area (Å²) < 4.78 is 0. The molecule has 0 aliphatic carbocycles. The highest BCUT2D eigenvalue weighted by molar-refractivity contribution is 5.94. The number of hydrogen-bond acceptors (Lipinski definition) is 4. The van der Waals surface area contributed by atoms with E-state index in [-0.39, 0.29) is 5.91 Å². The molecule has 0 fully saturated rings. The molecule has 1 aromatic carbocycles. The number of aromatic nitrogens is 1. The van der Waals surface area contributed by atoms with E-state index in [2.05, 4.69) is 15.6 Å². The zero-order valence-corrected chi connectivity index (χ0v) is 12.1. The maximum atomic E-state index is 11.9. The molecule has 0 unspecified atom stereocenters. The molecule has 0 saturated heterocycles. The minimum atomic E-state index is -0.0453. The molecule has 5 heteroatoms. The summed E-state index contributed by atoms with van der Waals surface area (Å²) in [5.41, 5.74) is 8.18. The van der Waals surface area contributed by atoms with Crippen LogP contribution >= 0.6 is 0 Å². The minimum Gasteiger partial charge on any atom is -0.396 e. The number of aryl methyl sites for hydroxylation is 1. The smallest absolute Gasteiger partial charge is 0.251 e. The second-order valence-corrected chi connectivity index (χ2v) is 4.85. The first-order valence-electron chi connectivity index (χ1n) is 6.96. The predicted octanol–water partition coefficient (Wildman–Crippen LogP) is 2.20. The Labute approximate surface area is 124 Å². The van der Waals surface area contributed by atoms with Gasteiger partial charge in [-0.15, -0.1) is 0 Å². The van der Waals surface area contributed by atoms with E-state index >= 15 is 0 Å². The van der Waals surface area contributed by atoms with E-state index in [1.807, 2.05) is 31.2 Å². The number of nitrogens with two attached hydrogens (primary N) is 1. The van der Waals surface area contributed by atoms with Crippen molar-refractivity contribution in [2.75, 3.05) is 24.1 Å². The normalized spacial score (nSPS) is 10.1. The van der Waals surface area contributed by atoms with Crippen molar-refractivity contribution in [3.05, 3.63) is 53.7 Å². The van der Waals surface area contributed by atoms with E-state index < -0.39 is 0 Å². The molecular formula is C16H20N4O. The van der Waals surface area contributed by atoms with Crippen molar-refractivity contribution >= 4 is 17.4 Å². The first kappa shape index (κ1) is 14.8. The number of nitrogens with one attached hydrogen (secondary N) is 2. The van der Waals surface area contributed by atoms with Crippen LogP contribution in [0, 0.1) is 6.92 Å². The largest absolute Gasteiger partial charge is 0.396 e. The van der Waals surface area contributed by atoms with Gasteiger partial charge in [0.1, 0.15) is 5.82 Å². The molecule has 4 N–H and O–H groups in total. The summed E-state index contributed by atoms with van der Waals surface area (Å²) in [7, 11) is 0. The molecule has 0 aliphatic rings. The van der Waals surface area contributed by atoms with Gasteiger partial charge >= 0.3 is 0 Å². The molecule has 1 amide bonds. The van der Waals surface area contributed by atoms with Gasteiger partial charge in [0.15, 0.2) is 0 Å². The molecule has 0 saturated carbocycles. The van der Waals surface area contributed by atoms with Gasteiger partial charge in [-0.2, -0.15) is 0 Å². The first-order valence-corrected chi connectivity index (χ1v) is 6.96. The van der Waals surface area contributed by atoms with Gasteiger partial charge < -0.3 is 16.4 Å².